The van der Waals surface area contributed by atoms with Crippen molar-refractivity contribution in [3.8, 4) is 5.88 Å². The van der Waals surface area contributed by atoms with Crippen LogP contribution in [0.4, 0.5) is 0 Å². The molecule has 0 amide bonds. The number of ether oxygens (including phenoxy) is 1. The van der Waals surface area contributed by atoms with Crippen molar-refractivity contribution >= 4 is 17.6 Å². The smallest absolute Gasteiger partial charge is 0.312 e. The van der Waals surface area contributed by atoms with Crippen molar-refractivity contribution in [2.24, 2.45) is 0 Å². The Hall–Kier alpha value is -1.09. The summed E-state index contributed by atoms with van der Waals surface area (Å²) >= 11 is 5.61. The number of pyridine rings is 1. The first-order chi connectivity index (χ1) is 6.22. The molecule has 0 saturated heterocycles. The van der Waals surface area contributed by atoms with Crippen LogP contribution < -0.4 is 4.74 Å². The third-order valence-corrected chi connectivity index (χ3v) is 1.60. The minimum atomic E-state index is -0.266. The second-order valence-corrected chi connectivity index (χ2v) is 2.98. The first-order valence-corrected chi connectivity index (χ1v) is 4.42. The maximum Gasteiger partial charge on any atom is 0.312 e. The average molecular weight is 200 g/mol. The van der Waals surface area contributed by atoms with Crippen LogP contribution in [-0.2, 0) is 4.79 Å². The first kappa shape index (κ1) is 9.99. The summed E-state index contributed by atoms with van der Waals surface area (Å²) < 4.78 is 4.90. The molecule has 3 nitrogen and oxygen atoms in total. The van der Waals surface area contributed by atoms with Gasteiger partial charge in [0.25, 0.3) is 0 Å². The van der Waals surface area contributed by atoms with Crippen molar-refractivity contribution in [1.29, 1.82) is 0 Å². The van der Waals surface area contributed by atoms with Gasteiger partial charge in [0, 0.05) is 18.7 Å². The van der Waals surface area contributed by atoms with E-state index in [4.69, 9.17) is 16.3 Å². The SMILES string of the molecule is CCCC(=O)Oc1ccc(Cl)cn1. The Balaban J connectivity index is 2.54. The molecule has 0 atom stereocenters. The molecular weight excluding hydrogens is 190 g/mol. The van der Waals surface area contributed by atoms with Crippen molar-refractivity contribution in [3.63, 3.8) is 0 Å². The van der Waals surface area contributed by atoms with Gasteiger partial charge in [-0.05, 0) is 12.5 Å². The van der Waals surface area contributed by atoms with Crippen LogP contribution in [0.25, 0.3) is 0 Å². The van der Waals surface area contributed by atoms with Crippen molar-refractivity contribution < 1.29 is 9.53 Å². The van der Waals surface area contributed by atoms with Gasteiger partial charge in [-0.3, -0.25) is 4.79 Å². The van der Waals surface area contributed by atoms with Crippen LogP contribution >= 0.6 is 11.6 Å². The Morgan fingerprint density at radius 2 is 2.38 bits per heavy atom. The van der Waals surface area contributed by atoms with Crippen LogP contribution in [-0.4, -0.2) is 11.0 Å². The number of hydrogen-bond donors (Lipinski definition) is 0. The third kappa shape index (κ3) is 3.42. The number of nitrogens with zero attached hydrogens (tertiary/aromatic N) is 1. The van der Waals surface area contributed by atoms with Gasteiger partial charge in [0.15, 0.2) is 0 Å². The Kier molecular flexibility index (Phi) is 3.71. The normalized spacial score (nSPS) is 9.69. The second kappa shape index (κ2) is 4.82. The molecule has 13 heavy (non-hydrogen) atoms. The molecule has 0 aliphatic rings. The molecule has 4 heteroatoms. The largest absolute Gasteiger partial charge is 0.407 e. The van der Waals surface area contributed by atoms with Crippen molar-refractivity contribution in [1.82, 2.24) is 4.98 Å². The molecule has 0 N–H and O–H groups in total. The van der Waals surface area contributed by atoms with Crippen molar-refractivity contribution in [2.45, 2.75) is 19.8 Å². The molecule has 70 valence electrons. The topological polar surface area (TPSA) is 39.2 Å². The van der Waals surface area contributed by atoms with E-state index in [1.54, 1.807) is 12.1 Å². The van der Waals surface area contributed by atoms with Crippen LogP contribution in [0.5, 0.6) is 5.88 Å². The Morgan fingerprint density at radius 1 is 1.62 bits per heavy atom. The minimum Gasteiger partial charge on any atom is -0.407 e. The van der Waals surface area contributed by atoms with Gasteiger partial charge in [-0.25, -0.2) is 4.98 Å². The predicted molar refractivity (Wildman–Crippen MR) is 49.8 cm³/mol. The molecule has 1 heterocycles. The van der Waals surface area contributed by atoms with Gasteiger partial charge in [-0.2, -0.15) is 0 Å². The molecular formula is C9H10ClNO2. The predicted octanol–water partition coefficient (Wildman–Crippen LogP) is 2.44. The molecule has 1 aromatic rings. The van der Waals surface area contributed by atoms with Crippen LogP contribution in [0.2, 0.25) is 5.02 Å². The Morgan fingerprint density at radius 3 is 2.92 bits per heavy atom. The van der Waals surface area contributed by atoms with E-state index in [9.17, 15) is 4.79 Å². The Labute approximate surface area is 81.7 Å². The lowest BCUT2D eigenvalue weighted by Crippen LogP contribution is -2.07. The highest BCUT2D eigenvalue weighted by molar-refractivity contribution is 6.30. The molecule has 1 rings (SSSR count). The lowest BCUT2D eigenvalue weighted by atomic mass is 10.3. The van der Waals surface area contributed by atoms with E-state index in [0.717, 1.165) is 6.42 Å². The number of esters is 1. The summed E-state index contributed by atoms with van der Waals surface area (Å²) in [5.41, 5.74) is 0. The highest BCUT2D eigenvalue weighted by Crippen LogP contribution is 2.11. The van der Waals surface area contributed by atoms with E-state index >= 15 is 0 Å². The van der Waals surface area contributed by atoms with E-state index in [2.05, 4.69) is 4.98 Å². The van der Waals surface area contributed by atoms with Gasteiger partial charge in [-0.1, -0.05) is 18.5 Å². The third-order valence-electron chi connectivity index (χ3n) is 1.37. The fraction of sp³-hybridized carbons (Fsp3) is 0.333. The van der Waals surface area contributed by atoms with Crippen molar-refractivity contribution in [3.05, 3.63) is 23.4 Å². The molecule has 0 radical (unpaired) electrons. The molecule has 0 aromatic carbocycles. The van der Waals surface area contributed by atoms with Gasteiger partial charge < -0.3 is 4.74 Å². The first-order valence-electron chi connectivity index (χ1n) is 4.04. The number of carbonyl (C=O) groups is 1. The maximum atomic E-state index is 11.0. The minimum absolute atomic E-state index is 0.266. The molecule has 1 aromatic heterocycles. The van der Waals surface area contributed by atoms with Gasteiger partial charge >= 0.3 is 5.97 Å². The van der Waals surface area contributed by atoms with E-state index in [-0.39, 0.29) is 5.97 Å². The van der Waals surface area contributed by atoms with E-state index in [0.29, 0.717) is 17.3 Å². The van der Waals surface area contributed by atoms with Gasteiger partial charge in [-0.15, -0.1) is 0 Å². The summed E-state index contributed by atoms with van der Waals surface area (Å²) in [6.07, 6.45) is 2.62. The molecule has 0 spiro atoms. The lowest BCUT2D eigenvalue weighted by Gasteiger charge is -2.00. The summed E-state index contributed by atoms with van der Waals surface area (Å²) in [6, 6.07) is 3.19. The fourth-order valence-electron chi connectivity index (χ4n) is 0.794. The molecule has 0 aliphatic carbocycles. The molecule has 0 saturated carbocycles. The monoisotopic (exact) mass is 199 g/mol. The van der Waals surface area contributed by atoms with Gasteiger partial charge in [0.2, 0.25) is 5.88 Å². The highest BCUT2D eigenvalue weighted by Gasteiger charge is 2.03. The van der Waals surface area contributed by atoms with Crippen LogP contribution in [0.3, 0.4) is 0 Å². The number of halogens is 1. The van der Waals surface area contributed by atoms with E-state index in [1.165, 1.54) is 6.20 Å². The quantitative estimate of drug-likeness (QED) is 0.702. The van der Waals surface area contributed by atoms with Gasteiger partial charge in [0.05, 0.1) is 5.02 Å². The lowest BCUT2D eigenvalue weighted by molar-refractivity contribution is -0.134. The van der Waals surface area contributed by atoms with Crippen LogP contribution in [0.1, 0.15) is 19.8 Å². The number of rotatable bonds is 3. The van der Waals surface area contributed by atoms with E-state index in [1.807, 2.05) is 6.92 Å². The molecule has 0 unspecified atom stereocenters. The van der Waals surface area contributed by atoms with Crippen molar-refractivity contribution in [2.75, 3.05) is 0 Å². The second-order valence-electron chi connectivity index (χ2n) is 2.54. The zero-order valence-corrected chi connectivity index (χ0v) is 8.04. The summed E-state index contributed by atoms with van der Waals surface area (Å²) in [6.45, 7) is 1.91. The van der Waals surface area contributed by atoms with Gasteiger partial charge in [0.1, 0.15) is 0 Å². The number of aromatic nitrogens is 1. The summed E-state index contributed by atoms with van der Waals surface area (Å²) in [5.74, 6) is 0.0279. The van der Waals surface area contributed by atoms with E-state index < -0.39 is 0 Å². The zero-order valence-electron chi connectivity index (χ0n) is 7.29. The number of hydrogen-bond acceptors (Lipinski definition) is 3. The molecule has 0 fully saturated rings. The van der Waals surface area contributed by atoms with Crippen LogP contribution in [0, 0.1) is 0 Å². The van der Waals surface area contributed by atoms with Crippen LogP contribution in [0.15, 0.2) is 18.3 Å². The zero-order chi connectivity index (χ0) is 9.68. The average Bonchev–Trinajstić information content (AvgIpc) is 2.09. The Bertz CT molecular complexity index is 284. The molecule has 0 bridgehead atoms. The maximum absolute atomic E-state index is 11.0. The standard InChI is InChI=1S/C9H10ClNO2/c1-2-3-9(12)13-8-5-4-7(10)6-11-8/h4-6H,2-3H2,1H3. The number of carbonyl (C=O) groups excluding carboxylic acids is 1. The molecule has 0 aliphatic heterocycles. The highest BCUT2D eigenvalue weighted by atomic mass is 35.5. The summed E-state index contributed by atoms with van der Waals surface area (Å²) in [7, 11) is 0. The fourth-order valence-corrected chi connectivity index (χ4v) is 0.906. The summed E-state index contributed by atoms with van der Waals surface area (Å²) in [4.78, 5) is 14.8. The summed E-state index contributed by atoms with van der Waals surface area (Å²) in [5, 5.41) is 0.523.